The highest BCUT2D eigenvalue weighted by atomic mass is 16.4. The second kappa shape index (κ2) is 6.62. The smallest absolute Gasteiger partial charge is 0.303 e. The van der Waals surface area contributed by atoms with Crippen molar-refractivity contribution in [2.45, 2.75) is 19.8 Å². The quantitative estimate of drug-likeness (QED) is 0.767. The van der Waals surface area contributed by atoms with E-state index in [-0.39, 0.29) is 24.7 Å². The Labute approximate surface area is 99.9 Å². The molecule has 92 valence electrons. The Morgan fingerprint density at radius 2 is 2.29 bits per heavy atom. The van der Waals surface area contributed by atoms with Gasteiger partial charge in [0.2, 0.25) is 5.91 Å². The SMILES string of the molecule is CC(CNC(=O)Cc1cccnc1)CC(=O)O. The Hall–Kier alpha value is -1.91. The molecule has 0 bridgehead atoms. The van der Waals surface area contributed by atoms with Crippen LogP contribution in [-0.4, -0.2) is 28.5 Å². The van der Waals surface area contributed by atoms with E-state index >= 15 is 0 Å². The molecule has 0 aliphatic carbocycles. The lowest BCUT2D eigenvalue weighted by molar-refractivity contribution is -0.138. The van der Waals surface area contributed by atoms with Crippen LogP contribution in [-0.2, 0) is 16.0 Å². The first kappa shape index (κ1) is 13.2. The van der Waals surface area contributed by atoms with Crippen molar-refractivity contribution in [3.63, 3.8) is 0 Å². The number of carboxylic acids is 1. The van der Waals surface area contributed by atoms with Crippen molar-refractivity contribution in [3.05, 3.63) is 30.1 Å². The van der Waals surface area contributed by atoms with E-state index in [1.165, 1.54) is 0 Å². The van der Waals surface area contributed by atoms with Crippen LogP contribution in [0.25, 0.3) is 0 Å². The van der Waals surface area contributed by atoms with Gasteiger partial charge in [0.05, 0.1) is 6.42 Å². The Morgan fingerprint density at radius 1 is 1.53 bits per heavy atom. The zero-order valence-corrected chi connectivity index (χ0v) is 9.72. The van der Waals surface area contributed by atoms with E-state index in [0.717, 1.165) is 5.56 Å². The summed E-state index contributed by atoms with van der Waals surface area (Å²) in [6.45, 7) is 2.17. The summed E-state index contributed by atoms with van der Waals surface area (Å²) in [6.07, 6.45) is 3.62. The number of carbonyl (C=O) groups excluding carboxylic acids is 1. The average Bonchev–Trinajstić information content (AvgIpc) is 2.27. The first-order chi connectivity index (χ1) is 8.08. The lowest BCUT2D eigenvalue weighted by Gasteiger charge is -2.10. The molecule has 1 unspecified atom stereocenters. The molecule has 17 heavy (non-hydrogen) atoms. The number of hydrogen-bond acceptors (Lipinski definition) is 3. The van der Waals surface area contributed by atoms with Crippen molar-refractivity contribution in [1.29, 1.82) is 0 Å². The summed E-state index contributed by atoms with van der Waals surface area (Å²) < 4.78 is 0. The van der Waals surface area contributed by atoms with E-state index in [4.69, 9.17) is 5.11 Å². The lowest BCUT2D eigenvalue weighted by atomic mass is 10.1. The molecule has 0 radical (unpaired) electrons. The van der Waals surface area contributed by atoms with Gasteiger partial charge in [0, 0.05) is 25.4 Å². The number of aliphatic carboxylic acids is 1. The van der Waals surface area contributed by atoms with Crippen molar-refractivity contribution >= 4 is 11.9 Å². The third kappa shape index (κ3) is 5.65. The number of hydrogen-bond donors (Lipinski definition) is 2. The molecule has 1 amide bonds. The largest absolute Gasteiger partial charge is 0.481 e. The van der Waals surface area contributed by atoms with Gasteiger partial charge in [-0.05, 0) is 17.5 Å². The summed E-state index contributed by atoms with van der Waals surface area (Å²) in [5.41, 5.74) is 0.843. The Balaban J connectivity index is 2.28. The molecule has 1 heterocycles. The molecule has 0 fully saturated rings. The minimum absolute atomic E-state index is 0.0627. The van der Waals surface area contributed by atoms with Gasteiger partial charge in [0.15, 0.2) is 0 Å². The first-order valence-corrected chi connectivity index (χ1v) is 5.45. The summed E-state index contributed by atoms with van der Waals surface area (Å²) in [5.74, 6) is -1.03. The highest BCUT2D eigenvalue weighted by molar-refractivity contribution is 5.78. The maximum atomic E-state index is 11.5. The van der Waals surface area contributed by atoms with Crippen LogP contribution in [0.15, 0.2) is 24.5 Å². The number of carbonyl (C=O) groups is 2. The van der Waals surface area contributed by atoms with Crippen LogP contribution >= 0.6 is 0 Å². The normalized spacial score (nSPS) is 11.8. The van der Waals surface area contributed by atoms with Gasteiger partial charge in [-0.25, -0.2) is 0 Å². The highest BCUT2D eigenvalue weighted by Crippen LogP contribution is 2.00. The molecule has 1 rings (SSSR count). The highest BCUT2D eigenvalue weighted by Gasteiger charge is 2.09. The summed E-state index contributed by atoms with van der Waals surface area (Å²) in [5, 5.41) is 11.3. The molecule has 0 aromatic carbocycles. The van der Waals surface area contributed by atoms with Gasteiger partial charge in [-0.1, -0.05) is 13.0 Å². The van der Waals surface area contributed by atoms with Crippen molar-refractivity contribution < 1.29 is 14.7 Å². The summed E-state index contributed by atoms with van der Waals surface area (Å²) >= 11 is 0. The number of nitrogens with zero attached hydrogens (tertiary/aromatic N) is 1. The topological polar surface area (TPSA) is 79.3 Å². The molecular weight excluding hydrogens is 220 g/mol. The van der Waals surface area contributed by atoms with Crippen LogP contribution in [0.5, 0.6) is 0 Å². The molecule has 5 heteroatoms. The van der Waals surface area contributed by atoms with Crippen molar-refractivity contribution in [1.82, 2.24) is 10.3 Å². The fourth-order valence-corrected chi connectivity index (χ4v) is 1.41. The van der Waals surface area contributed by atoms with E-state index in [2.05, 4.69) is 10.3 Å². The van der Waals surface area contributed by atoms with Gasteiger partial charge >= 0.3 is 5.97 Å². The molecule has 0 aliphatic heterocycles. The standard InChI is InChI=1S/C12H16N2O3/c1-9(5-12(16)17)7-14-11(15)6-10-3-2-4-13-8-10/h2-4,8-9H,5-7H2,1H3,(H,14,15)(H,16,17). The van der Waals surface area contributed by atoms with Crippen LogP contribution in [0.2, 0.25) is 0 Å². The molecule has 0 saturated heterocycles. The van der Waals surface area contributed by atoms with Gasteiger partial charge in [-0.15, -0.1) is 0 Å². The van der Waals surface area contributed by atoms with E-state index in [9.17, 15) is 9.59 Å². The Morgan fingerprint density at radius 3 is 2.88 bits per heavy atom. The van der Waals surface area contributed by atoms with Gasteiger partial charge in [-0.3, -0.25) is 14.6 Å². The van der Waals surface area contributed by atoms with E-state index in [1.807, 2.05) is 6.07 Å². The molecule has 1 aromatic rings. The van der Waals surface area contributed by atoms with Crippen molar-refractivity contribution in [2.24, 2.45) is 5.92 Å². The fraction of sp³-hybridized carbons (Fsp3) is 0.417. The van der Waals surface area contributed by atoms with Crippen LogP contribution in [0, 0.1) is 5.92 Å². The van der Waals surface area contributed by atoms with E-state index < -0.39 is 5.97 Å². The average molecular weight is 236 g/mol. The summed E-state index contributed by atoms with van der Waals surface area (Å²) in [4.78, 5) is 25.9. The van der Waals surface area contributed by atoms with Crippen LogP contribution < -0.4 is 5.32 Å². The molecule has 5 nitrogen and oxygen atoms in total. The monoisotopic (exact) mass is 236 g/mol. The molecule has 0 aliphatic rings. The molecule has 1 atom stereocenters. The molecule has 0 spiro atoms. The zero-order valence-electron chi connectivity index (χ0n) is 9.72. The van der Waals surface area contributed by atoms with Gasteiger partial charge in [-0.2, -0.15) is 0 Å². The number of carboxylic acid groups (broad SMARTS) is 1. The predicted molar refractivity (Wildman–Crippen MR) is 62.4 cm³/mol. The summed E-state index contributed by atoms with van der Waals surface area (Å²) in [7, 11) is 0. The van der Waals surface area contributed by atoms with E-state index in [1.54, 1.807) is 25.4 Å². The van der Waals surface area contributed by atoms with Crippen LogP contribution in [0.3, 0.4) is 0 Å². The molecular formula is C12H16N2O3. The number of nitrogens with one attached hydrogen (secondary N) is 1. The van der Waals surface area contributed by atoms with Crippen LogP contribution in [0.4, 0.5) is 0 Å². The number of pyridine rings is 1. The maximum Gasteiger partial charge on any atom is 0.303 e. The van der Waals surface area contributed by atoms with Crippen molar-refractivity contribution in [3.8, 4) is 0 Å². The van der Waals surface area contributed by atoms with E-state index in [0.29, 0.717) is 6.54 Å². The number of aromatic nitrogens is 1. The fourth-order valence-electron chi connectivity index (χ4n) is 1.41. The van der Waals surface area contributed by atoms with Gasteiger partial charge < -0.3 is 10.4 Å². The second-order valence-electron chi connectivity index (χ2n) is 4.05. The van der Waals surface area contributed by atoms with Gasteiger partial charge in [0.1, 0.15) is 0 Å². The molecule has 0 saturated carbocycles. The third-order valence-corrected chi connectivity index (χ3v) is 2.26. The Bertz CT molecular complexity index is 379. The minimum atomic E-state index is -0.848. The zero-order chi connectivity index (χ0) is 12.7. The lowest BCUT2D eigenvalue weighted by Crippen LogP contribution is -2.30. The minimum Gasteiger partial charge on any atom is -0.481 e. The number of rotatable bonds is 6. The first-order valence-electron chi connectivity index (χ1n) is 5.45. The van der Waals surface area contributed by atoms with Crippen LogP contribution in [0.1, 0.15) is 18.9 Å². The number of amides is 1. The maximum absolute atomic E-state index is 11.5. The predicted octanol–water partition coefficient (Wildman–Crippen LogP) is 0.851. The second-order valence-corrected chi connectivity index (χ2v) is 4.05. The third-order valence-electron chi connectivity index (χ3n) is 2.26. The molecule has 2 N–H and O–H groups in total. The van der Waals surface area contributed by atoms with Gasteiger partial charge in [0.25, 0.3) is 0 Å². The Kier molecular flexibility index (Phi) is 5.13. The summed E-state index contributed by atoms with van der Waals surface area (Å²) in [6, 6.07) is 3.60. The molecule has 1 aromatic heterocycles. The van der Waals surface area contributed by atoms with Crippen molar-refractivity contribution in [2.75, 3.05) is 6.54 Å².